The molecule has 0 aliphatic carbocycles. The summed E-state index contributed by atoms with van der Waals surface area (Å²) in [6.45, 7) is -0.320. The van der Waals surface area contributed by atoms with Crippen molar-refractivity contribution in [3.05, 3.63) is 170 Å². The molecule has 4 heterocycles. The molecule has 0 unspecified atom stereocenters. The summed E-state index contributed by atoms with van der Waals surface area (Å²) in [5, 5.41) is 4.68. The summed E-state index contributed by atoms with van der Waals surface area (Å²) in [6.07, 6.45) is 0. The summed E-state index contributed by atoms with van der Waals surface area (Å²) in [4.78, 5) is 0. The van der Waals surface area contributed by atoms with Gasteiger partial charge in [0, 0.05) is 38.0 Å². The van der Waals surface area contributed by atoms with Gasteiger partial charge in [0.2, 0.25) is 0 Å². The molecule has 5 heteroatoms. The van der Waals surface area contributed by atoms with Gasteiger partial charge in [-0.05, 0) is 82.4 Å². The number of rotatable bonds is 3. The molecule has 8 aromatic carbocycles. The normalized spacial score (nSPS) is 12.8. The van der Waals surface area contributed by atoms with Crippen molar-refractivity contribution in [1.82, 2.24) is 4.57 Å². The number of fused-ring (bicyclic) bond motifs is 10. The third-order valence-corrected chi connectivity index (χ3v) is 11.1. The Morgan fingerprint density at radius 2 is 1.13 bits per heavy atom. The molecule has 2 aliphatic rings. The standard InChI is InChI=1S/C48H28BNO3/c1-5-20-39-33(14-1)34-15-2-6-21-40(34)50(39)41-22-11-19-38-48(41)52-45-28-31(27-37-35-16-3-8-24-43(35)53-49(38)47(37)45)29-12-9-13-30(26-29)32-18-10-25-44-46(32)36-17-4-7-23-42(36)51-44/h1-28H. The predicted octanol–water partition coefficient (Wildman–Crippen LogP) is 11.3. The fraction of sp³-hybridized carbons (Fsp3) is 0. The van der Waals surface area contributed by atoms with E-state index < -0.39 is 0 Å². The monoisotopic (exact) mass is 677 g/mol. The van der Waals surface area contributed by atoms with Crippen LogP contribution in [-0.4, -0.2) is 11.5 Å². The molecule has 2 aliphatic heterocycles. The van der Waals surface area contributed by atoms with Crippen LogP contribution < -0.4 is 20.3 Å². The van der Waals surface area contributed by atoms with Gasteiger partial charge in [-0.25, -0.2) is 0 Å². The highest BCUT2D eigenvalue weighted by Crippen LogP contribution is 2.45. The minimum atomic E-state index is -0.320. The Hall–Kier alpha value is -6.98. The molecular formula is C48H28BNO3. The van der Waals surface area contributed by atoms with Crippen molar-refractivity contribution >= 4 is 61.6 Å². The first kappa shape index (κ1) is 28.7. The van der Waals surface area contributed by atoms with Gasteiger partial charge in [0.05, 0.1) is 16.7 Å². The summed E-state index contributed by atoms with van der Waals surface area (Å²) in [5.41, 5.74) is 13.8. The van der Waals surface area contributed by atoms with Crippen LogP contribution in [0, 0.1) is 0 Å². The van der Waals surface area contributed by atoms with Gasteiger partial charge in [-0.3, -0.25) is 0 Å². The molecule has 10 aromatic rings. The van der Waals surface area contributed by atoms with Crippen molar-refractivity contribution < 1.29 is 13.8 Å². The molecular weight excluding hydrogens is 649 g/mol. The molecule has 0 saturated heterocycles. The van der Waals surface area contributed by atoms with Crippen LogP contribution in [-0.2, 0) is 0 Å². The fourth-order valence-electron chi connectivity index (χ4n) is 8.78. The van der Waals surface area contributed by atoms with E-state index in [9.17, 15) is 0 Å². The minimum absolute atomic E-state index is 0.320. The highest BCUT2D eigenvalue weighted by molar-refractivity contribution is 6.84. The fourth-order valence-corrected chi connectivity index (χ4v) is 8.78. The Morgan fingerprint density at radius 3 is 2.00 bits per heavy atom. The Morgan fingerprint density at radius 1 is 0.453 bits per heavy atom. The Bertz CT molecular complexity index is 3100. The first-order valence-electron chi connectivity index (χ1n) is 18.0. The van der Waals surface area contributed by atoms with Crippen LogP contribution in [0.15, 0.2) is 174 Å². The van der Waals surface area contributed by atoms with E-state index >= 15 is 0 Å². The molecule has 0 N–H and O–H groups in total. The summed E-state index contributed by atoms with van der Waals surface area (Å²) in [7, 11) is 0. The lowest BCUT2D eigenvalue weighted by Crippen LogP contribution is -2.53. The molecule has 0 radical (unpaired) electrons. The topological polar surface area (TPSA) is 36.5 Å². The van der Waals surface area contributed by atoms with Crippen molar-refractivity contribution in [2.24, 2.45) is 0 Å². The Balaban J connectivity index is 1.07. The van der Waals surface area contributed by atoms with Crippen LogP contribution in [0.3, 0.4) is 0 Å². The van der Waals surface area contributed by atoms with E-state index in [1.54, 1.807) is 0 Å². The molecule has 0 fully saturated rings. The highest BCUT2D eigenvalue weighted by Gasteiger charge is 2.42. The maximum atomic E-state index is 7.15. The summed E-state index contributed by atoms with van der Waals surface area (Å²) in [6, 6.07) is 59.9. The van der Waals surface area contributed by atoms with Crippen molar-refractivity contribution in [3.8, 4) is 56.3 Å². The van der Waals surface area contributed by atoms with E-state index in [0.717, 1.165) is 100 Å². The number of aromatic nitrogens is 1. The SMILES string of the molecule is c1cc(-c2cc3c4c(c2)-c2ccccc2OB4c2cccc(-n4c5ccccc5c5ccccc54)c2O3)cc(-c2cccc3oc4ccccc4c23)c1. The second-order valence-corrected chi connectivity index (χ2v) is 14.0. The van der Waals surface area contributed by atoms with E-state index in [2.05, 4.69) is 156 Å². The predicted molar refractivity (Wildman–Crippen MR) is 217 cm³/mol. The Kier molecular flexibility index (Phi) is 5.83. The van der Waals surface area contributed by atoms with E-state index in [1.165, 1.54) is 10.8 Å². The lowest BCUT2D eigenvalue weighted by molar-refractivity contribution is 0.478. The molecule has 4 nitrogen and oxygen atoms in total. The first-order chi connectivity index (χ1) is 26.3. The zero-order valence-corrected chi connectivity index (χ0v) is 28.4. The van der Waals surface area contributed by atoms with Gasteiger partial charge < -0.3 is 18.4 Å². The second kappa shape index (κ2) is 10.8. The number of benzene rings is 8. The van der Waals surface area contributed by atoms with Gasteiger partial charge in [0.25, 0.3) is 0 Å². The molecule has 0 atom stereocenters. The maximum Gasteiger partial charge on any atom is 0.434 e. The molecule has 0 amide bonds. The zero-order valence-electron chi connectivity index (χ0n) is 28.4. The first-order valence-corrected chi connectivity index (χ1v) is 18.0. The van der Waals surface area contributed by atoms with E-state index in [0.29, 0.717) is 0 Å². The van der Waals surface area contributed by atoms with E-state index in [4.69, 9.17) is 13.8 Å². The van der Waals surface area contributed by atoms with Crippen molar-refractivity contribution in [3.63, 3.8) is 0 Å². The third kappa shape index (κ3) is 4.07. The van der Waals surface area contributed by atoms with Gasteiger partial charge in [0.15, 0.2) is 0 Å². The summed E-state index contributed by atoms with van der Waals surface area (Å²) in [5.74, 6) is 2.49. The average molecular weight is 678 g/mol. The molecule has 2 aromatic heterocycles. The van der Waals surface area contributed by atoms with Crippen LogP contribution in [0.1, 0.15) is 0 Å². The molecule has 12 rings (SSSR count). The summed E-state index contributed by atoms with van der Waals surface area (Å²) < 4.78 is 22.6. The van der Waals surface area contributed by atoms with Crippen LogP contribution in [0.5, 0.6) is 17.2 Å². The van der Waals surface area contributed by atoms with Crippen LogP contribution >= 0.6 is 0 Å². The largest absolute Gasteiger partial charge is 0.551 e. The smallest absolute Gasteiger partial charge is 0.434 e. The second-order valence-electron chi connectivity index (χ2n) is 14.0. The van der Waals surface area contributed by atoms with Crippen molar-refractivity contribution in [1.29, 1.82) is 0 Å². The van der Waals surface area contributed by atoms with Crippen LogP contribution in [0.4, 0.5) is 0 Å². The van der Waals surface area contributed by atoms with Gasteiger partial charge in [-0.2, -0.15) is 0 Å². The average Bonchev–Trinajstić information content (AvgIpc) is 3.77. The number of ether oxygens (including phenoxy) is 1. The number of nitrogens with zero attached hydrogens (tertiary/aromatic N) is 1. The van der Waals surface area contributed by atoms with Gasteiger partial charge in [-0.15, -0.1) is 0 Å². The lowest BCUT2D eigenvalue weighted by Gasteiger charge is -2.34. The lowest BCUT2D eigenvalue weighted by atomic mass is 9.50. The number of furan rings is 1. The zero-order chi connectivity index (χ0) is 34.6. The quantitative estimate of drug-likeness (QED) is 0.175. The number of hydrogen-bond donors (Lipinski definition) is 0. The van der Waals surface area contributed by atoms with E-state index in [1.807, 2.05) is 18.2 Å². The molecule has 0 spiro atoms. The Labute approximate surface area is 305 Å². The van der Waals surface area contributed by atoms with E-state index in [-0.39, 0.29) is 6.92 Å². The molecule has 0 saturated carbocycles. The molecule has 246 valence electrons. The maximum absolute atomic E-state index is 7.15. The summed E-state index contributed by atoms with van der Waals surface area (Å²) >= 11 is 0. The van der Waals surface area contributed by atoms with Gasteiger partial charge >= 0.3 is 6.92 Å². The molecule has 53 heavy (non-hydrogen) atoms. The van der Waals surface area contributed by atoms with Crippen molar-refractivity contribution in [2.45, 2.75) is 0 Å². The van der Waals surface area contributed by atoms with Crippen molar-refractivity contribution in [2.75, 3.05) is 0 Å². The molecule has 0 bridgehead atoms. The number of para-hydroxylation sites is 5. The third-order valence-electron chi connectivity index (χ3n) is 11.1. The number of hydrogen-bond acceptors (Lipinski definition) is 3. The van der Waals surface area contributed by atoms with Gasteiger partial charge in [-0.1, -0.05) is 115 Å². The minimum Gasteiger partial charge on any atom is -0.551 e. The van der Waals surface area contributed by atoms with Gasteiger partial charge in [0.1, 0.15) is 28.4 Å². The van der Waals surface area contributed by atoms with Crippen LogP contribution in [0.2, 0.25) is 0 Å². The van der Waals surface area contributed by atoms with Crippen LogP contribution in [0.25, 0.3) is 82.8 Å². The highest BCUT2D eigenvalue weighted by atomic mass is 16.5.